The largest absolute Gasteiger partial charge is 0.463 e. The van der Waals surface area contributed by atoms with E-state index in [1.165, 1.54) is 0 Å². The van der Waals surface area contributed by atoms with E-state index in [4.69, 9.17) is 9.47 Å². The number of amides is 2. The molecule has 1 aliphatic rings. The highest BCUT2D eigenvalue weighted by atomic mass is 16.6. The molecular formula is C23H26N2O5. The molecule has 158 valence electrons. The van der Waals surface area contributed by atoms with Gasteiger partial charge in [-0.2, -0.15) is 0 Å². The lowest BCUT2D eigenvalue weighted by molar-refractivity contribution is -0.154. The number of carbonyl (C=O) groups excluding carboxylic acids is 3. The van der Waals surface area contributed by atoms with Crippen LogP contribution >= 0.6 is 0 Å². The number of hydrogen-bond donors (Lipinski definition) is 2. The highest BCUT2D eigenvalue weighted by molar-refractivity contribution is 6.10. The Labute approximate surface area is 175 Å². The molecule has 7 nitrogen and oxygen atoms in total. The summed E-state index contributed by atoms with van der Waals surface area (Å²) in [7, 11) is 0. The van der Waals surface area contributed by atoms with Gasteiger partial charge in [0.15, 0.2) is 0 Å². The number of esters is 1. The lowest BCUT2D eigenvalue weighted by Crippen LogP contribution is -2.54. The van der Waals surface area contributed by atoms with Gasteiger partial charge in [-0.3, -0.25) is 9.59 Å². The second-order valence-electron chi connectivity index (χ2n) is 7.08. The van der Waals surface area contributed by atoms with E-state index in [1.807, 2.05) is 60.7 Å². The number of carbonyl (C=O) groups is 3. The molecule has 0 aromatic heterocycles. The van der Waals surface area contributed by atoms with E-state index in [0.717, 1.165) is 11.1 Å². The third-order valence-electron chi connectivity index (χ3n) is 4.87. The first-order chi connectivity index (χ1) is 14.5. The molecule has 3 rings (SSSR count). The highest BCUT2D eigenvalue weighted by Crippen LogP contribution is 2.29. The molecule has 0 saturated carbocycles. The first-order valence-corrected chi connectivity index (χ1v) is 10.0. The second-order valence-corrected chi connectivity index (χ2v) is 7.08. The normalized spacial score (nSPS) is 18.2. The maximum atomic E-state index is 12.8. The number of epoxide rings is 1. The van der Waals surface area contributed by atoms with Crippen LogP contribution in [-0.4, -0.2) is 49.2 Å². The fourth-order valence-corrected chi connectivity index (χ4v) is 3.09. The number of benzene rings is 2. The van der Waals surface area contributed by atoms with Crippen molar-refractivity contribution in [2.75, 3.05) is 19.8 Å². The minimum absolute atomic E-state index is 0.0502. The van der Waals surface area contributed by atoms with E-state index in [9.17, 15) is 14.4 Å². The van der Waals surface area contributed by atoms with E-state index in [-0.39, 0.29) is 19.1 Å². The van der Waals surface area contributed by atoms with Gasteiger partial charge in [-0.05, 0) is 24.5 Å². The molecule has 0 radical (unpaired) electrons. The molecule has 2 atom stereocenters. The van der Waals surface area contributed by atoms with Gasteiger partial charge in [0.2, 0.25) is 5.91 Å². The topological polar surface area (TPSA) is 97.0 Å². The van der Waals surface area contributed by atoms with Crippen molar-refractivity contribution >= 4 is 17.8 Å². The minimum atomic E-state index is -1.64. The van der Waals surface area contributed by atoms with Crippen LogP contribution < -0.4 is 10.6 Å². The Kier molecular flexibility index (Phi) is 7.19. The van der Waals surface area contributed by atoms with Crippen molar-refractivity contribution in [2.45, 2.75) is 31.4 Å². The molecule has 7 heteroatoms. The first kappa shape index (κ1) is 21.5. The van der Waals surface area contributed by atoms with Crippen LogP contribution in [0.1, 0.15) is 18.1 Å². The molecule has 0 bridgehead atoms. The molecule has 0 spiro atoms. The van der Waals surface area contributed by atoms with Crippen molar-refractivity contribution in [1.82, 2.24) is 10.6 Å². The Hall–Kier alpha value is -3.19. The summed E-state index contributed by atoms with van der Waals surface area (Å²) in [5.74, 6) is -1.70. The summed E-state index contributed by atoms with van der Waals surface area (Å²) in [6.45, 7) is 2.18. The van der Waals surface area contributed by atoms with Gasteiger partial charge in [-0.25, -0.2) is 4.79 Å². The molecule has 2 amide bonds. The smallest absolute Gasteiger partial charge is 0.350 e. The zero-order valence-electron chi connectivity index (χ0n) is 16.9. The quantitative estimate of drug-likeness (QED) is 0.351. The predicted octanol–water partition coefficient (Wildman–Crippen LogP) is 1.40. The van der Waals surface area contributed by atoms with Gasteiger partial charge in [0.25, 0.3) is 11.5 Å². The van der Waals surface area contributed by atoms with Crippen molar-refractivity contribution < 1.29 is 23.9 Å². The van der Waals surface area contributed by atoms with Crippen LogP contribution in [0.2, 0.25) is 0 Å². The Bertz CT molecular complexity index is 866. The molecule has 2 aromatic carbocycles. The van der Waals surface area contributed by atoms with Gasteiger partial charge in [-0.15, -0.1) is 0 Å². The summed E-state index contributed by atoms with van der Waals surface area (Å²) in [5, 5.41) is 5.55. The standard InChI is InChI=1S/C23H26N2O5/c1-2-29-22(28)23(16-30-23)21(27)25-19(15-18-11-7-4-8-12-18)20(26)24-14-13-17-9-5-3-6-10-17/h3-12,19H,2,13-16H2,1H3,(H,24,26)(H,25,27)/t19-,23?/m1/s1. The Morgan fingerprint density at radius 2 is 1.63 bits per heavy atom. The number of rotatable bonds is 10. The van der Waals surface area contributed by atoms with E-state index in [1.54, 1.807) is 6.92 Å². The summed E-state index contributed by atoms with van der Waals surface area (Å²) in [6, 6.07) is 18.3. The monoisotopic (exact) mass is 410 g/mol. The maximum Gasteiger partial charge on any atom is 0.350 e. The van der Waals surface area contributed by atoms with Crippen LogP contribution in [0.15, 0.2) is 60.7 Å². The zero-order chi connectivity index (χ0) is 21.4. The predicted molar refractivity (Wildman–Crippen MR) is 111 cm³/mol. The summed E-state index contributed by atoms with van der Waals surface area (Å²) in [4.78, 5) is 37.7. The molecule has 30 heavy (non-hydrogen) atoms. The SMILES string of the molecule is CCOC(=O)C1(C(=O)N[C@H](Cc2ccccc2)C(=O)NCCc2ccccc2)CO1. The fraction of sp³-hybridized carbons (Fsp3) is 0.348. The molecule has 1 fully saturated rings. The first-order valence-electron chi connectivity index (χ1n) is 10.0. The summed E-state index contributed by atoms with van der Waals surface area (Å²) in [6.07, 6.45) is 0.969. The third kappa shape index (κ3) is 5.45. The molecule has 1 unspecified atom stereocenters. The lowest BCUT2D eigenvalue weighted by Gasteiger charge is -2.20. The summed E-state index contributed by atoms with van der Waals surface area (Å²) >= 11 is 0. The Balaban J connectivity index is 1.64. The third-order valence-corrected chi connectivity index (χ3v) is 4.87. The molecule has 2 N–H and O–H groups in total. The highest BCUT2D eigenvalue weighted by Gasteiger charge is 2.61. The Morgan fingerprint density at radius 1 is 1.03 bits per heavy atom. The van der Waals surface area contributed by atoms with Crippen LogP contribution in [0, 0.1) is 0 Å². The van der Waals surface area contributed by atoms with Crippen molar-refractivity contribution in [1.29, 1.82) is 0 Å². The van der Waals surface area contributed by atoms with Crippen molar-refractivity contribution in [3.63, 3.8) is 0 Å². The van der Waals surface area contributed by atoms with Crippen LogP contribution in [0.4, 0.5) is 0 Å². The van der Waals surface area contributed by atoms with Crippen LogP contribution in [0.3, 0.4) is 0 Å². The van der Waals surface area contributed by atoms with Crippen LogP contribution in [0.5, 0.6) is 0 Å². The molecular weight excluding hydrogens is 384 g/mol. The van der Waals surface area contributed by atoms with Gasteiger partial charge in [-0.1, -0.05) is 60.7 Å². The Morgan fingerprint density at radius 3 is 2.20 bits per heavy atom. The van der Waals surface area contributed by atoms with E-state index in [0.29, 0.717) is 19.4 Å². The lowest BCUT2D eigenvalue weighted by atomic mass is 10.0. The van der Waals surface area contributed by atoms with Crippen molar-refractivity contribution in [2.24, 2.45) is 0 Å². The molecule has 1 saturated heterocycles. The molecule has 1 aliphatic heterocycles. The summed E-state index contributed by atoms with van der Waals surface area (Å²) in [5.41, 5.74) is 0.354. The number of ether oxygens (including phenoxy) is 2. The maximum absolute atomic E-state index is 12.8. The average Bonchev–Trinajstić information content (AvgIpc) is 3.57. The minimum Gasteiger partial charge on any atom is -0.463 e. The van der Waals surface area contributed by atoms with Crippen molar-refractivity contribution in [3.8, 4) is 0 Å². The van der Waals surface area contributed by atoms with Gasteiger partial charge in [0.1, 0.15) is 6.04 Å². The van der Waals surface area contributed by atoms with Crippen molar-refractivity contribution in [3.05, 3.63) is 71.8 Å². The zero-order valence-corrected chi connectivity index (χ0v) is 16.9. The number of nitrogens with one attached hydrogen (secondary N) is 2. The average molecular weight is 410 g/mol. The molecule has 2 aromatic rings. The van der Waals surface area contributed by atoms with Gasteiger partial charge in [0.05, 0.1) is 13.2 Å². The molecule has 1 heterocycles. The van der Waals surface area contributed by atoms with Gasteiger partial charge >= 0.3 is 5.97 Å². The molecule has 0 aliphatic carbocycles. The fourth-order valence-electron chi connectivity index (χ4n) is 3.09. The van der Waals surface area contributed by atoms with Gasteiger partial charge in [0, 0.05) is 13.0 Å². The second kappa shape index (κ2) is 10.0. The van der Waals surface area contributed by atoms with E-state index >= 15 is 0 Å². The van der Waals surface area contributed by atoms with Crippen LogP contribution in [0.25, 0.3) is 0 Å². The summed E-state index contributed by atoms with van der Waals surface area (Å²) < 4.78 is 10.1. The van der Waals surface area contributed by atoms with Crippen LogP contribution in [-0.2, 0) is 36.7 Å². The van der Waals surface area contributed by atoms with Gasteiger partial charge < -0.3 is 20.1 Å². The number of hydrogen-bond acceptors (Lipinski definition) is 5. The van der Waals surface area contributed by atoms with E-state index < -0.39 is 23.5 Å². The van der Waals surface area contributed by atoms with E-state index in [2.05, 4.69) is 10.6 Å².